The molecule has 11 nitrogen and oxygen atoms in total. The number of carbonyl (C=O) groups is 3. The van der Waals surface area contributed by atoms with Gasteiger partial charge in [-0.15, -0.1) is 0 Å². The predicted octanol–water partition coefficient (Wildman–Crippen LogP) is 2.57. The molecule has 1 fully saturated rings. The lowest BCUT2D eigenvalue weighted by atomic mass is 10.1. The van der Waals surface area contributed by atoms with Crippen molar-refractivity contribution in [3.8, 4) is 0 Å². The van der Waals surface area contributed by atoms with Crippen LogP contribution in [0.3, 0.4) is 0 Å². The molecular formula is C27H32N4O7S. The number of hydrogen-bond acceptors (Lipinski definition) is 8. The summed E-state index contributed by atoms with van der Waals surface area (Å²) in [5.74, 6) is -1.68. The van der Waals surface area contributed by atoms with Gasteiger partial charge in [-0.05, 0) is 37.1 Å². The zero-order valence-electron chi connectivity index (χ0n) is 21.7. The summed E-state index contributed by atoms with van der Waals surface area (Å²) < 4.78 is 36.7. The van der Waals surface area contributed by atoms with Crippen molar-refractivity contribution in [3.63, 3.8) is 0 Å². The average molecular weight is 557 g/mol. The number of nitrogens with zero attached hydrogens (tertiary/aromatic N) is 2. The third-order valence-corrected chi connectivity index (χ3v) is 8.17. The highest BCUT2D eigenvalue weighted by atomic mass is 32.2. The number of Topliss-reactive ketones (excluding diaryl/α,β-unsaturated/α-hetero) is 1. The highest BCUT2D eigenvalue weighted by Gasteiger charge is 2.31. The van der Waals surface area contributed by atoms with Crippen molar-refractivity contribution in [1.29, 1.82) is 0 Å². The summed E-state index contributed by atoms with van der Waals surface area (Å²) in [6, 6.07) is 12.2. The Morgan fingerprint density at radius 3 is 2.33 bits per heavy atom. The van der Waals surface area contributed by atoms with Crippen LogP contribution in [0.5, 0.6) is 0 Å². The number of hydrogen-bond donors (Lipinski definition) is 2. The second kappa shape index (κ2) is 12.9. The second-order valence-electron chi connectivity index (χ2n) is 9.22. The number of aromatic nitrogens is 1. The summed E-state index contributed by atoms with van der Waals surface area (Å²) in [6.07, 6.45) is 0.689. The minimum atomic E-state index is -3.72. The van der Waals surface area contributed by atoms with Gasteiger partial charge in [-0.3, -0.25) is 9.59 Å². The van der Waals surface area contributed by atoms with Crippen LogP contribution in [0.4, 0.5) is 4.79 Å². The highest BCUT2D eigenvalue weighted by molar-refractivity contribution is 7.91. The van der Waals surface area contributed by atoms with E-state index < -0.39 is 39.6 Å². The van der Waals surface area contributed by atoms with E-state index in [1.54, 1.807) is 42.5 Å². The molecule has 2 N–H and O–H groups in total. The van der Waals surface area contributed by atoms with Gasteiger partial charge < -0.3 is 24.7 Å². The largest absolute Gasteiger partial charge is 0.434 e. The standard InChI is InChI=1S/C27H32N4O7S/c1-2-8-21(24(32)26-29-20-11-6-7-12-23(20)38-26)28-25(33)22(30-27(34)31-14-16-37-17-15-31)13-18-39(35,36)19-9-4-3-5-10-19/h3-7,9-12,21-22H,2,8,13-18H2,1H3,(H,28,33)(H,30,34)/t21-,22-/m0/s1. The van der Waals surface area contributed by atoms with Crippen molar-refractivity contribution in [2.24, 2.45) is 0 Å². The van der Waals surface area contributed by atoms with E-state index >= 15 is 0 Å². The first kappa shape index (κ1) is 28.2. The molecule has 3 aromatic rings. The number of nitrogens with one attached hydrogen (secondary N) is 2. The van der Waals surface area contributed by atoms with E-state index in [0.29, 0.717) is 50.2 Å². The van der Waals surface area contributed by atoms with Gasteiger partial charge in [0.1, 0.15) is 11.6 Å². The zero-order chi connectivity index (χ0) is 27.8. The summed E-state index contributed by atoms with van der Waals surface area (Å²) in [5, 5.41) is 5.37. The van der Waals surface area contributed by atoms with E-state index in [1.165, 1.54) is 17.0 Å². The molecule has 0 saturated carbocycles. The van der Waals surface area contributed by atoms with E-state index in [4.69, 9.17) is 9.15 Å². The van der Waals surface area contributed by atoms with Gasteiger partial charge in [0.25, 0.3) is 5.89 Å². The fraction of sp³-hybridized carbons (Fsp3) is 0.407. The number of morpholine rings is 1. The van der Waals surface area contributed by atoms with Gasteiger partial charge in [-0.25, -0.2) is 18.2 Å². The number of sulfone groups is 1. The summed E-state index contributed by atoms with van der Waals surface area (Å²) >= 11 is 0. The first-order valence-electron chi connectivity index (χ1n) is 12.9. The molecule has 0 radical (unpaired) electrons. The normalized spacial score (nSPS) is 15.5. The van der Waals surface area contributed by atoms with Crippen molar-refractivity contribution in [2.75, 3.05) is 32.1 Å². The number of amides is 3. The third kappa shape index (κ3) is 7.21. The van der Waals surface area contributed by atoms with Crippen LogP contribution < -0.4 is 10.6 Å². The maximum atomic E-state index is 13.4. The molecule has 0 spiro atoms. The molecule has 2 atom stereocenters. The van der Waals surface area contributed by atoms with Crippen molar-refractivity contribution in [2.45, 2.75) is 43.2 Å². The van der Waals surface area contributed by atoms with Crippen molar-refractivity contribution < 1.29 is 32.0 Å². The highest BCUT2D eigenvalue weighted by Crippen LogP contribution is 2.18. The molecule has 0 bridgehead atoms. The molecule has 1 saturated heterocycles. The van der Waals surface area contributed by atoms with Gasteiger partial charge in [0.2, 0.25) is 11.7 Å². The number of urea groups is 1. The van der Waals surface area contributed by atoms with Gasteiger partial charge in [-0.1, -0.05) is 43.7 Å². The maximum Gasteiger partial charge on any atom is 0.318 e. The van der Waals surface area contributed by atoms with Crippen molar-refractivity contribution in [3.05, 3.63) is 60.5 Å². The first-order chi connectivity index (χ1) is 18.8. The van der Waals surface area contributed by atoms with Crippen LogP contribution in [0.25, 0.3) is 11.1 Å². The van der Waals surface area contributed by atoms with Crippen molar-refractivity contribution in [1.82, 2.24) is 20.5 Å². The summed E-state index contributed by atoms with van der Waals surface area (Å²) in [4.78, 5) is 45.5. The van der Waals surface area contributed by atoms with Gasteiger partial charge in [0, 0.05) is 13.1 Å². The Morgan fingerprint density at radius 2 is 1.64 bits per heavy atom. The predicted molar refractivity (Wildman–Crippen MR) is 143 cm³/mol. The van der Waals surface area contributed by atoms with Crippen LogP contribution in [0.15, 0.2) is 63.9 Å². The Hall–Kier alpha value is -3.77. The zero-order valence-corrected chi connectivity index (χ0v) is 22.5. The monoisotopic (exact) mass is 556 g/mol. The minimum absolute atomic E-state index is 0.124. The SMILES string of the molecule is CCC[C@H](NC(=O)[C@H](CCS(=O)(=O)c1ccccc1)NC(=O)N1CCOCC1)C(=O)c1nc2ccccc2o1. The molecule has 0 aliphatic carbocycles. The molecule has 39 heavy (non-hydrogen) atoms. The molecule has 3 amide bonds. The molecule has 1 aliphatic rings. The minimum Gasteiger partial charge on any atom is -0.434 e. The molecule has 1 aromatic heterocycles. The van der Waals surface area contributed by atoms with Crippen LogP contribution >= 0.6 is 0 Å². The molecular weight excluding hydrogens is 524 g/mol. The van der Waals surface area contributed by atoms with Crippen LogP contribution in [0.1, 0.15) is 36.9 Å². The van der Waals surface area contributed by atoms with E-state index in [0.717, 1.165) is 0 Å². The van der Waals surface area contributed by atoms with Crippen LogP contribution in [-0.2, 0) is 19.4 Å². The van der Waals surface area contributed by atoms with Gasteiger partial charge >= 0.3 is 6.03 Å². The molecule has 2 heterocycles. The number of rotatable bonds is 11. The van der Waals surface area contributed by atoms with Crippen LogP contribution in [0, 0.1) is 0 Å². The number of oxazole rings is 1. The lowest BCUT2D eigenvalue weighted by Gasteiger charge is -2.29. The lowest BCUT2D eigenvalue weighted by molar-refractivity contribution is -0.123. The fourth-order valence-electron chi connectivity index (χ4n) is 4.25. The first-order valence-corrected chi connectivity index (χ1v) is 14.5. The molecule has 0 unspecified atom stereocenters. The summed E-state index contributed by atoms with van der Waals surface area (Å²) in [6.45, 7) is 3.28. The maximum absolute atomic E-state index is 13.4. The summed E-state index contributed by atoms with van der Waals surface area (Å²) in [7, 11) is -3.72. The number of benzene rings is 2. The smallest absolute Gasteiger partial charge is 0.318 e. The topological polar surface area (TPSA) is 148 Å². The molecule has 1 aliphatic heterocycles. The molecule has 12 heteroatoms. The van der Waals surface area contributed by atoms with Gasteiger partial charge in [0.15, 0.2) is 15.4 Å². The van der Waals surface area contributed by atoms with E-state index in [-0.39, 0.29) is 23.0 Å². The van der Waals surface area contributed by atoms with Crippen molar-refractivity contribution >= 4 is 38.7 Å². The lowest BCUT2D eigenvalue weighted by Crippen LogP contribution is -2.56. The van der Waals surface area contributed by atoms with E-state index in [2.05, 4.69) is 15.6 Å². The number of carbonyl (C=O) groups excluding carboxylic acids is 3. The Labute approximate surface area is 226 Å². The van der Waals surface area contributed by atoms with E-state index in [1.807, 2.05) is 6.92 Å². The second-order valence-corrected chi connectivity index (χ2v) is 11.3. The molecule has 2 aromatic carbocycles. The Kier molecular flexibility index (Phi) is 9.31. The molecule has 208 valence electrons. The number of ether oxygens (including phenoxy) is 1. The van der Waals surface area contributed by atoms with Crippen LogP contribution in [0.2, 0.25) is 0 Å². The van der Waals surface area contributed by atoms with Crippen LogP contribution in [-0.4, -0.2) is 80.2 Å². The fourth-order valence-corrected chi connectivity index (χ4v) is 5.60. The number of fused-ring (bicyclic) bond motifs is 1. The Balaban J connectivity index is 1.51. The van der Waals surface area contributed by atoms with Gasteiger partial charge in [0.05, 0.1) is 29.9 Å². The number of para-hydroxylation sites is 2. The third-order valence-electron chi connectivity index (χ3n) is 6.41. The molecule has 4 rings (SSSR count). The Morgan fingerprint density at radius 1 is 0.949 bits per heavy atom. The quantitative estimate of drug-likeness (QED) is 0.343. The summed E-state index contributed by atoms with van der Waals surface area (Å²) in [5.41, 5.74) is 0.966. The van der Waals surface area contributed by atoms with E-state index in [9.17, 15) is 22.8 Å². The Bertz CT molecular complexity index is 1370. The average Bonchev–Trinajstić information content (AvgIpc) is 3.40. The number of ketones is 1. The van der Waals surface area contributed by atoms with Gasteiger partial charge in [-0.2, -0.15) is 0 Å².